The van der Waals surface area contributed by atoms with E-state index in [1.165, 1.54) is 5.56 Å². The summed E-state index contributed by atoms with van der Waals surface area (Å²) in [5.41, 5.74) is 4.60. The number of hydrogen-bond acceptors (Lipinski definition) is 4. The summed E-state index contributed by atoms with van der Waals surface area (Å²) in [7, 11) is 0. The fourth-order valence-electron chi connectivity index (χ4n) is 2.89. The van der Waals surface area contributed by atoms with Crippen LogP contribution in [-0.2, 0) is 6.42 Å². The van der Waals surface area contributed by atoms with Crippen LogP contribution in [-0.4, -0.2) is 24.0 Å². The molecule has 1 N–H and O–H groups in total. The van der Waals surface area contributed by atoms with Crippen LogP contribution in [0.2, 0.25) is 0 Å². The van der Waals surface area contributed by atoms with Crippen LogP contribution in [0.25, 0.3) is 11.3 Å². The van der Waals surface area contributed by atoms with E-state index in [0.717, 1.165) is 41.6 Å². The summed E-state index contributed by atoms with van der Waals surface area (Å²) in [6.45, 7) is 8.25. The molecule has 0 spiro atoms. The molecule has 0 saturated carbocycles. The van der Waals surface area contributed by atoms with Crippen molar-refractivity contribution in [3.8, 4) is 11.3 Å². The van der Waals surface area contributed by atoms with Crippen molar-refractivity contribution in [2.45, 2.75) is 27.2 Å². The van der Waals surface area contributed by atoms with Gasteiger partial charge in [0.2, 0.25) is 0 Å². The summed E-state index contributed by atoms with van der Waals surface area (Å²) in [6, 6.07) is 15.6. The molecule has 5 heteroatoms. The van der Waals surface area contributed by atoms with Crippen LogP contribution in [0.5, 0.6) is 0 Å². The monoisotopic (exact) mass is 379 g/mol. The molecular formula is C22H25N3OS. The van der Waals surface area contributed by atoms with E-state index in [4.69, 9.17) is 4.98 Å². The van der Waals surface area contributed by atoms with E-state index >= 15 is 0 Å². The molecule has 0 unspecified atom stereocenters. The average molecular weight is 380 g/mol. The normalized spacial score (nSPS) is 10.6. The Hall–Kier alpha value is -2.66. The summed E-state index contributed by atoms with van der Waals surface area (Å²) in [5.74, 6) is -0.100. The molecule has 0 aliphatic carbocycles. The molecule has 0 fully saturated rings. The molecule has 1 amide bonds. The van der Waals surface area contributed by atoms with Gasteiger partial charge in [0, 0.05) is 35.3 Å². The Morgan fingerprint density at radius 1 is 1.07 bits per heavy atom. The number of thiazole rings is 1. The van der Waals surface area contributed by atoms with Gasteiger partial charge in [-0.25, -0.2) is 4.98 Å². The van der Waals surface area contributed by atoms with Crippen LogP contribution >= 0.6 is 11.3 Å². The number of aryl methyl sites for hydroxylation is 1. The zero-order valence-electron chi connectivity index (χ0n) is 16.0. The maximum atomic E-state index is 12.5. The zero-order valence-corrected chi connectivity index (χ0v) is 16.8. The third-order valence-electron chi connectivity index (χ3n) is 4.57. The van der Waals surface area contributed by atoms with Crippen LogP contribution in [0.15, 0.2) is 53.9 Å². The van der Waals surface area contributed by atoms with E-state index in [9.17, 15) is 4.79 Å². The number of amides is 1. The first kappa shape index (κ1) is 19.1. The number of carbonyl (C=O) groups excluding carboxylic acids is 1. The minimum absolute atomic E-state index is 0.100. The van der Waals surface area contributed by atoms with Crippen LogP contribution in [0.3, 0.4) is 0 Å². The Labute approximate surface area is 164 Å². The molecule has 4 nitrogen and oxygen atoms in total. The van der Waals surface area contributed by atoms with Gasteiger partial charge in [0.15, 0.2) is 5.13 Å². The molecule has 3 aromatic rings. The van der Waals surface area contributed by atoms with Crippen molar-refractivity contribution in [2.24, 2.45) is 0 Å². The smallest absolute Gasteiger partial charge is 0.255 e. The Morgan fingerprint density at radius 2 is 1.81 bits per heavy atom. The third kappa shape index (κ3) is 4.55. The quantitative estimate of drug-likeness (QED) is 0.592. The highest BCUT2D eigenvalue weighted by Crippen LogP contribution is 2.29. The van der Waals surface area contributed by atoms with Crippen LogP contribution in [0.4, 0.5) is 10.8 Å². The number of nitrogens with zero attached hydrogens (tertiary/aromatic N) is 2. The first-order valence-electron chi connectivity index (χ1n) is 9.35. The van der Waals surface area contributed by atoms with Gasteiger partial charge in [0.05, 0.1) is 5.69 Å². The molecule has 1 heterocycles. The molecule has 3 rings (SSSR count). The molecular weight excluding hydrogens is 354 g/mol. The van der Waals surface area contributed by atoms with Crippen molar-refractivity contribution >= 4 is 28.1 Å². The Bertz CT molecular complexity index is 898. The predicted molar refractivity (Wildman–Crippen MR) is 115 cm³/mol. The average Bonchev–Trinajstić information content (AvgIpc) is 3.19. The molecule has 140 valence electrons. The minimum atomic E-state index is -0.100. The third-order valence-corrected chi connectivity index (χ3v) is 5.47. The first-order chi connectivity index (χ1) is 13.1. The number of carbonyl (C=O) groups is 1. The van der Waals surface area contributed by atoms with E-state index in [2.05, 4.69) is 36.4 Å². The summed E-state index contributed by atoms with van der Waals surface area (Å²) in [5, 5.41) is 6.08. The number of rotatable bonds is 7. The van der Waals surface area contributed by atoms with Gasteiger partial charge in [-0.05, 0) is 50.1 Å². The lowest BCUT2D eigenvalue weighted by Gasteiger charge is -2.16. The fraction of sp³-hybridized carbons (Fsp3) is 0.273. The fourth-order valence-corrected chi connectivity index (χ4v) is 3.85. The first-order valence-corrected chi connectivity index (χ1v) is 10.2. The van der Waals surface area contributed by atoms with Crippen LogP contribution in [0, 0.1) is 0 Å². The Balaban J connectivity index is 1.76. The molecule has 0 bridgehead atoms. The predicted octanol–water partition coefficient (Wildman–Crippen LogP) is 5.47. The van der Waals surface area contributed by atoms with Crippen molar-refractivity contribution in [3.63, 3.8) is 0 Å². The maximum absolute atomic E-state index is 12.5. The van der Waals surface area contributed by atoms with Crippen molar-refractivity contribution in [1.29, 1.82) is 0 Å². The summed E-state index contributed by atoms with van der Waals surface area (Å²) >= 11 is 1.65. The van der Waals surface area contributed by atoms with Gasteiger partial charge in [-0.1, -0.05) is 31.2 Å². The lowest BCUT2D eigenvalue weighted by atomic mass is 10.1. The molecule has 1 aromatic heterocycles. The van der Waals surface area contributed by atoms with Crippen molar-refractivity contribution in [1.82, 2.24) is 4.98 Å². The number of benzene rings is 2. The molecule has 0 aliphatic rings. The summed E-state index contributed by atoms with van der Waals surface area (Å²) in [6.07, 6.45) is 0.965. The number of nitrogens with one attached hydrogen (secondary N) is 1. The molecule has 2 aromatic carbocycles. The Morgan fingerprint density at radius 3 is 2.48 bits per heavy atom. The van der Waals surface area contributed by atoms with E-state index in [-0.39, 0.29) is 5.91 Å². The van der Waals surface area contributed by atoms with Crippen molar-refractivity contribution < 1.29 is 4.79 Å². The highest BCUT2D eigenvalue weighted by molar-refractivity contribution is 7.14. The van der Waals surface area contributed by atoms with Gasteiger partial charge in [0.25, 0.3) is 5.91 Å². The van der Waals surface area contributed by atoms with Gasteiger partial charge in [-0.3, -0.25) is 4.79 Å². The highest BCUT2D eigenvalue weighted by atomic mass is 32.1. The van der Waals surface area contributed by atoms with E-state index in [1.54, 1.807) is 11.3 Å². The van der Waals surface area contributed by atoms with E-state index in [0.29, 0.717) is 5.56 Å². The standard InChI is InChI=1S/C22H25N3OS/c1-4-16-10-12-17(13-11-16)21(26)23-19-9-7-8-18(14-19)20-15-27-22(24-20)25(5-2)6-3/h7-15H,4-6H2,1-3H3,(H,23,26). The molecule has 0 aliphatic heterocycles. The van der Waals surface area contributed by atoms with Gasteiger partial charge in [-0.2, -0.15) is 0 Å². The van der Waals surface area contributed by atoms with Gasteiger partial charge in [-0.15, -0.1) is 11.3 Å². The van der Waals surface area contributed by atoms with Crippen molar-refractivity contribution in [3.05, 3.63) is 65.0 Å². The van der Waals surface area contributed by atoms with Crippen molar-refractivity contribution in [2.75, 3.05) is 23.3 Å². The van der Waals surface area contributed by atoms with E-state index in [1.807, 2.05) is 48.5 Å². The second-order valence-electron chi connectivity index (χ2n) is 6.27. The zero-order chi connectivity index (χ0) is 19.2. The second-order valence-corrected chi connectivity index (χ2v) is 7.11. The van der Waals surface area contributed by atoms with Gasteiger partial charge in [0.1, 0.15) is 0 Å². The van der Waals surface area contributed by atoms with Gasteiger partial charge >= 0.3 is 0 Å². The molecule has 0 atom stereocenters. The lowest BCUT2D eigenvalue weighted by Crippen LogP contribution is -2.21. The summed E-state index contributed by atoms with van der Waals surface area (Å²) in [4.78, 5) is 19.5. The van der Waals surface area contributed by atoms with Crippen LogP contribution < -0.4 is 10.2 Å². The molecule has 0 saturated heterocycles. The van der Waals surface area contributed by atoms with Gasteiger partial charge < -0.3 is 10.2 Å². The number of hydrogen-bond donors (Lipinski definition) is 1. The maximum Gasteiger partial charge on any atom is 0.255 e. The highest BCUT2D eigenvalue weighted by Gasteiger charge is 2.11. The minimum Gasteiger partial charge on any atom is -0.349 e. The largest absolute Gasteiger partial charge is 0.349 e. The lowest BCUT2D eigenvalue weighted by molar-refractivity contribution is 0.102. The SMILES string of the molecule is CCc1ccc(C(=O)Nc2cccc(-c3csc(N(CC)CC)n3)c2)cc1. The second kappa shape index (κ2) is 8.82. The number of anilines is 2. The Kier molecular flexibility index (Phi) is 6.24. The molecule has 0 radical (unpaired) electrons. The number of aromatic nitrogens is 1. The molecule has 27 heavy (non-hydrogen) atoms. The summed E-state index contributed by atoms with van der Waals surface area (Å²) < 4.78 is 0. The topological polar surface area (TPSA) is 45.2 Å². The van der Waals surface area contributed by atoms with E-state index < -0.39 is 0 Å². The van der Waals surface area contributed by atoms with Crippen LogP contribution in [0.1, 0.15) is 36.7 Å².